The number of carbonyl (C=O) groups excluding carboxylic acids is 1. The van der Waals surface area contributed by atoms with E-state index in [-0.39, 0.29) is 11.4 Å². The molecule has 5 heteroatoms. The summed E-state index contributed by atoms with van der Waals surface area (Å²) in [5, 5.41) is 1.29. The average Bonchev–Trinajstić information content (AvgIpc) is 2.70. The summed E-state index contributed by atoms with van der Waals surface area (Å²) < 4.78 is 10.6. The number of benzene rings is 2. The molecule has 0 bridgehead atoms. The van der Waals surface area contributed by atoms with Gasteiger partial charge in [0, 0.05) is 17.7 Å². The number of methoxy groups -OCH3 is 1. The van der Waals surface area contributed by atoms with Gasteiger partial charge in [-0.2, -0.15) is 0 Å². The highest BCUT2D eigenvalue weighted by Crippen LogP contribution is 2.27. The van der Waals surface area contributed by atoms with E-state index in [2.05, 4.69) is 29.0 Å². The molecule has 4 nitrogen and oxygen atoms in total. The number of carbonyl (C=O) groups is 1. The summed E-state index contributed by atoms with van der Waals surface area (Å²) in [6.07, 6.45) is 2.07. The van der Waals surface area contributed by atoms with Crippen LogP contribution in [0, 0.1) is 6.92 Å². The Morgan fingerprint density at radius 2 is 1.78 bits per heavy atom. The first-order valence-electron chi connectivity index (χ1n) is 8.88. The number of rotatable bonds is 7. The second-order valence-corrected chi connectivity index (χ2v) is 7.32. The van der Waals surface area contributed by atoms with Gasteiger partial charge in [0.1, 0.15) is 5.58 Å². The number of ether oxygens (including phenoxy) is 1. The first-order chi connectivity index (χ1) is 13.1. The molecule has 0 fully saturated rings. The molecular weight excluding hydrogens is 360 g/mol. The van der Waals surface area contributed by atoms with Crippen LogP contribution in [0.3, 0.4) is 0 Å². The standard InChI is InChI=1S/C22H22O4S/c1-15-21(24)18-7-3-4-8-19(18)26-22(15)27-14-17-12-10-16(11-13-17)6-5-9-20(23)25-2/h3-4,7-8,10-13H,5-6,9,14H2,1-2H3. The van der Waals surface area contributed by atoms with Crippen molar-refractivity contribution in [1.29, 1.82) is 0 Å². The molecule has 0 spiro atoms. The highest BCUT2D eigenvalue weighted by molar-refractivity contribution is 7.98. The van der Waals surface area contributed by atoms with Gasteiger partial charge in [-0.05, 0) is 43.0 Å². The van der Waals surface area contributed by atoms with Gasteiger partial charge in [-0.1, -0.05) is 48.2 Å². The highest BCUT2D eigenvalue weighted by atomic mass is 32.2. The third-order valence-electron chi connectivity index (χ3n) is 4.45. The lowest BCUT2D eigenvalue weighted by atomic mass is 10.1. The zero-order valence-corrected chi connectivity index (χ0v) is 16.3. The van der Waals surface area contributed by atoms with Crippen molar-refractivity contribution in [3.8, 4) is 0 Å². The summed E-state index contributed by atoms with van der Waals surface area (Å²) >= 11 is 1.53. The van der Waals surface area contributed by atoms with Gasteiger partial charge >= 0.3 is 5.97 Å². The molecule has 0 amide bonds. The molecule has 0 N–H and O–H groups in total. The van der Waals surface area contributed by atoms with Crippen LogP contribution in [0.1, 0.15) is 29.5 Å². The van der Waals surface area contributed by atoms with Crippen LogP contribution in [-0.2, 0) is 21.7 Å². The van der Waals surface area contributed by atoms with Crippen molar-refractivity contribution < 1.29 is 13.9 Å². The summed E-state index contributed by atoms with van der Waals surface area (Å²) in [5.74, 6) is 0.556. The number of esters is 1. The Kier molecular flexibility index (Phi) is 6.35. The molecule has 0 unspecified atom stereocenters. The lowest BCUT2D eigenvalue weighted by molar-refractivity contribution is -0.140. The van der Waals surface area contributed by atoms with Crippen molar-refractivity contribution in [3.63, 3.8) is 0 Å². The molecule has 3 aromatic rings. The minimum atomic E-state index is -0.171. The van der Waals surface area contributed by atoms with E-state index in [4.69, 9.17) is 4.42 Å². The average molecular weight is 382 g/mol. The number of fused-ring (bicyclic) bond motifs is 1. The summed E-state index contributed by atoms with van der Waals surface area (Å²) in [6, 6.07) is 15.6. The van der Waals surface area contributed by atoms with E-state index in [1.165, 1.54) is 24.4 Å². The smallest absolute Gasteiger partial charge is 0.305 e. The fourth-order valence-corrected chi connectivity index (χ4v) is 3.79. The van der Waals surface area contributed by atoms with Crippen molar-refractivity contribution in [2.45, 2.75) is 37.0 Å². The Hall–Kier alpha value is -2.53. The second-order valence-electron chi connectivity index (χ2n) is 6.37. The molecular formula is C22H22O4S. The predicted molar refractivity (Wildman–Crippen MR) is 108 cm³/mol. The Morgan fingerprint density at radius 3 is 2.52 bits per heavy atom. The molecule has 0 saturated carbocycles. The first kappa shape index (κ1) is 19.2. The van der Waals surface area contributed by atoms with Gasteiger partial charge in [-0.3, -0.25) is 9.59 Å². The van der Waals surface area contributed by atoms with E-state index in [0.717, 1.165) is 24.2 Å². The molecule has 27 heavy (non-hydrogen) atoms. The summed E-state index contributed by atoms with van der Waals surface area (Å²) in [6.45, 7) is 1.81. The maximum Gasteiger partial charge on any atom is 0.305 e. The van der Waals surface area contributed by atoms with Gasteiger partial charge in [0.25, 0.3) is 0 Å². The topological polar surface area (TPSA) is 56.5 Å². The van der Waals surface area contributed by atoms with Gasteiger partial charge in [-0.25, -0.2) is 0 Å². The normalized spacial score (nSPS) is 10.9. The number of thioether (sulfide) groups is 1. The fourth-order valence-electron chi connectivity index (χ4n) is 2.84. The third kappa shape index (κ3) is 4.80. The van der Waals surface area contributed by atoms with E-state index in [0.29, 0.717) is 28.0 Å². The number of hydrogen-bond donors (Lipinski definition) is 0. The van der Waals surface area contributed by atoms with Crippen LogP contribution in [0.2, 0.25) is 0 Å². The maximum atomic E-state index is 12.5. The van der Waals surface area contributed by atoms with Crippen molar-refractivity contribution in [2.24, 2.45) is 0 Å². The SMILES string of the molecule is COC(=O)CCCc1ccc(CSc2oc3ccccc3c(=O)c2C)cc1. The van der Waals surface area contributed by atoms with Crippen LogP contribution in [-0.4, -0.2) is 13.1 Å². The molecule has 0 aliphatic carbocycles. The van der Waals surface area contributed by atoms with Crippen LogP contribution < -0.4 is 5.43 Å². The molecule has 2 aromatic carbocycles. The van der Waals surface area contributed by atoms with Crippen molar-refractivity contribution >= 4 is 28.7 Å². The lowest BCUT2D eigenvalue weighted by Gasteiger charge is -2.07. The summed E-state index contributed by atoms with van der Waals surface area (Å²) in [5.41, 5.74) is 3.66. The van der Waals surface area contributed by atoms with E-state index >= 15 is 0 Å². The zero-order valence-electron chi connectivity index (χ0n) is 15.5. The second kappa shape index (κ2) is 8.91. The Morgan fingerprint density at radius 1 is 1.07 bits per heavy atom. The quantitative estimate of drug-likeness (QED) is 0.430. The molecule has 1 heterocycles. The van der Waals surface area contributed by atoms with Crippen molar-refractivity contribution in [2.75, 3.05) is 7.11 Å². The molecule has 0 saturated heterocycles. The Bertz CT molecular complexity index is 989. The lowest BCUT2D eigenvalue weighted by Crippen LogP contribution is -2.06. The number of hydrogen-bond acceptors (Lipinski definition) is 5. The van der Waals surface area contributed by atoms with Gasteiger partial charge in [0.2, 0.25) is 0 Å². The minimum absolute atomic E-state index is 0.0281. The molecule has 0 aliphatic rings. The molecule has 140 valence electrons. The van der Waals surface area contributed by atoms with Crippen LogP contribution in [0.15, 0.2) is 62.8 Å². The van der Waals surface area contributed by atoms with E-state index in [9.17, 15) is 9.59 Å². The largest absolute Gasteiger partial charge is 0.469 e. The van der Waals surface area contributed by atoms with Crippen molar-refractivity contribution in [1.82, 2.24) is 0 Å². The Balaban J connectivity index is 1.63. The molecule has 0 aliphatic heterocycles. The maximum absolute atomic E-state index is 12.5. The van der Waals surface area contributed by atoms with Crippen LogP contribution in [0.25, 0.3) is 11.0 Å². The molecule has 3 rings (SSSR count). The van der Waals surface area contributed by atoms with Crippen LogP contribution >= 0.6 is 11.8 Å². The van der Waals surface area contributed by atoms with Gasteiger partial charge < -0.3 is 9.15 Å². The van der Waals surface area contributed by atoms with Gasteiger partial charge in [-0.15, -0.1) is 0 Å². The zero-order chi connectivity index (χ0) is 19.2. The monoisotopic (exact) mass is 382 g/mol. The predicted octanol–water partition coefficient (Wildman–Crippen LogP) is 4.89. The third-order valence-corrected chi connectivity index (χ3v) is 5.58. The van der Waals surface area contributed by atoms with E-state index < -0.39 is 0 Å². The van der Waals surface area contributed by atoms with Gasteiger partial charge in [0.05, 0.1) is 12.5 Å². The summed E-state index contributed by atoms with van der Waals surface area (Å²) in [7, 11) is 1.41. The summed E-state index contributed by atoms with van der Waals surface area (Å²) in [4.78, 5) is 23.6. The first-order valence-corrected chi connectivity index (χ1v) is 9.87. The van der Waals surface area contributed by atoms with Crippen LogP contribution in [0.4, 0.5) is 0 Å². The molecule has 0 radical (unpaired) electrons. The van der Waals surface area contributed by atoms with Gasteiger partial charge in [0.15, 0.2) is 10.5 Å². The minimum Gasteiger partial charge on any atom is -0.469 e. The fraction of sp³-hybridized carbons (Fsp3) is 0.273. The molecule has 0 atom stereocenters. The highest BCUT2D eigenvalue weighted by Gasteiger charge is 2.11. The Labute approximate surface area is 162 Å². The van der Waals surface area contributed by atoms with Crippen LogP contribution in [0.5, 0.6) is 0 Å². The van der Waals surface area contributed by atoms with E-state index in [1.54, 1.807) is 6.07 Å². The number of para-hydroxylation sites is 1. The van der Waals surface area contributed by atoms with E-state index in [1.807, 2.05) is 25.1 Å². The van der Waals surface area contributed by atoms with Crippen molar-refractivity contribution in [3.05, 3.63) is 75.4 Å². The molecule has 1 aromatic heterocycles. The number of aryl methyl sites for hydroxylation is 1.